The molecule has 2 aromatic carbocycles. The van der Waals surface area contributed by atoms with Crippen molar-refractivity contribution in [2.24, 2.45) is 0 Å². The van der Waals surface area contributed by atoms with Crippen LogP contribution in [0.1, 0.15) is 21.6 Å². The van der Waals surface area contributed by atoms with Gasteiger partial charge in [-0.3, -0.25) is 14.7 Å². The Hall–Kier alpha value is -2.90. The maximum atomic E-state index is 13.6. The van der Waals surface area contributed by atoms with Crippen molar-refractivity contribution in [3.8, 4) is 0 Å². The van der Waals surface area contributed by atoms with E-state index in [2.05, 4.69) is 15.1 Å². The third-order valence-electron chi connectivity index (χ3n) is 5.39. The lowest BCUT2D eigenvalue weighted by Gasteiger charge is -2.30. The summed E-state index contributed by atoms with van der Waals surface area (Å²) < 4.78 is 26.9. The number of hydrogen-bond donors (Lipinski definition) is 1. The summed E-state index contributed by atoms with van der Waals surface area (Å²) >= 11 is 0. The van der Waals surface area contributed by atoms with E-state index in [4.69, 9.17) is 4.98 Å². The molecule has 0 atom stereocenters. The first-order chi connectivity index (χ1) is 14.4. The minimum atomic E-state index is -0.996. The van der Waals surface area contributed by atoms with Gasteiger partial charge in [0.1, 0.15) is 0 Å². The quantitative estimate of drug-likeness (QED) is 0.697. The molecule has 0 saturated carbocycles. The van der Waals surface area contributed by atoms with E-state index in [0.717, 1.165) is 60.3 Å². The highest BCUT2D eigenvalue weighted by Crippen LogP contribution is 2.29. The van der Waals surface area contributed by atoms with E-state index in [1.807, 2.05) is 38.4 Å². The van der Waals surface area contributed by atoms with Gasteiger partial charge < -0.3 is 10.2 Å². The first-order valence-electron chi connectivity index (χ1n) is 9.96. The van der Waals surface area contributed by atoms with Gasteiger partial charge in [-0.05, 0) is 32.3 Å². The standard InChI is InChI=1S/C23H24F2N4O/c1-28(2)11-12-29-10-9-21-17(14-29)22(16-5-3-4-6-20(16)27-21)23(30)26-15-7-8-18(24)19(25)13-15/h3-8,13H,9-12,14H2,1-2H3,(H,26,30). The first-order valence-corrected chi connectivity index (χ1v) is 9.96. The number of carbonyl (C=O) groups excluding carboxylic acids is 1. The topological polar surface area (TPSA) is 48.5 Å². The summed E-state index contributed by atoms with van der Waals surface area (Å²) in [5, 5.41) is 3.49. The summed E-state index contributed by atoms with van der Waals surface area (Å²) in [7, 11) is 4.07. The fourth-order valence-corrected chi connectivity index (χ4v) is 3.81. The number of nitrogens with zero attached hydrogens (tertiary/aromatic N) is 3. The van der Waals surface area contributed by atoms with Crippen LogP contribution >= 0.6 is 0 Å². The number of aromatic nitrogens is 1. The molecule has 0 saturated heterocycles. The van der Waals surface area contributed by atoms with Crippen LogP contribution in [0, 0.1) is 11.6 Å². The van der Waals surface area contributed by atoms with Gasteiger partial charge in [0.2, 0.25) is 0 Å². The zero-order valence-corrected chi connectivity index (χ0v) is 17.1. The molecule has 1 N–H and O–H groups in total. The first kappa shape index (κ1) is 20.4. The van der Waals surface area contributed by atoms with Gasteiger partial charge in [0, 0.05) is 61.0 Å². The van der Waals surface area contributed by atoms with Crippen molar-refractivity contribution in [1.29, 1.82) is 0 Å². The van der Waals surface area contributed by atoms with E-state index >= 15 is 0 Å². The fourth-order valence-electron chi connectivity index (χ4n) is 3.81. The van der Waals surface area contributed by atoms with Crippen LogP contribution in [0.2, 0.25) is 0 Å². The molecule has 0 radical (unpaired) electrons. The molecule has 4 rings (SSSR count). The summed E-state index contributed by atoms with van der Waals surface area (Å²) in [6, 6.07) is 10.9. The number of halogens is 2. The number of fused-ring (bicyclic) bond motifs is 2. The Bertz CT molecular complexity index is 1100. The van der Waals surface area contributed by atoms with Crippen molar-refractivity contribution >= 4 is 22.5 Å². The fraction of sp³-hybridized carbons (Fsp3) is 0.304. The zero-order valence-electron chi connectivity index (χ0n) is 17.1. The molecule has 156 valence electrons. The van der Waals surface area contributed by atoms with Gasteiger partial charge in [0.15, 0.2) is 11.6 Å². The molecule has 7 heteroatoms. The van der Waals surface area contributed by atoms with Crippen LogP contribution in [0.25, 0.3) is 10.9 Å². The Morgan fingerprint density at radius 2 is 1.97 bits per heavy atom. The summed E-state index contributed by atoms with van der Waals surface area (Å²) in [5.41, 5.74) is 3.35. The Morgan fingerprint density at radius 1 is 1.17 bits per heavy atom. The Labute approximate surface area is 174 Å². The summed E-state index contributed by atoms with van der Waals surface area (Å²) in [6.45, 7) is 3.33. The number of amides is 1. The van der Waals surface area contributed by atoms with E-state index in [9.17, 15) is 13.6 Å². The summed E-state index contributed by atoms with van der Waals surface area (Å²) in [5.74, 6) is -2.29. The molecule has 5 nitrogen and oxygen atoms in total. The number of likely N-dealkylation sites (N-methyl/N-ethyl adjacent to an activating group) is 1. The molecule has 1 aliphatic rings. The Balaban J connectivity index is 1.72. The third-order valence-corrected chi connectivity index (χ3v) is 5.39. The molecule has 0 bridgehead atoms. The lowest BCUT2D eigenvalue weighted by atomic mass is 9.95. The number of anilines is 1. The zero-order chi connectivity index (χ0) is 21.3. The van der Waals surface area contributed by atoms with Gasteiger partial charge in [-0.15, -0.1) is 0 Å². The highest BCUT2D eigenvalue weighted by molar-refractivity contribution is 6.13. The smallest absolute Gasteiger partial charge is 0.256 e. The number of rotatable bonds is 5. The van der Waals surface area contributed by atoms with Gasteiger partial charge in [-0.1, -0.05) is 18.2 Å². The number of para-hydroxylation sites is 1. The van der Waals surface area contributed by atoms with Gasteiger partial charge >= 0.3 is 0 Å². The monoisotopic (exact) mass is 410 g/mol. The number of carbonyl (C=O) groups is 1. The van der Waals surface area contributed by atoms with Crippen LogP contribution in [0.4, 0.5) is 14.5 Å². The van der Waals surface area contributed by atoms with Gasteiger partial charge in [-0.25, -0.2) is 8.78 Å². The van der Waals surface area contributed by atoms with Crippen molar-refractivity contribution in [3.05, 3.63) is 70.9 Å². The van der Waals surface area contributed by atoms with Crippen LogP contribution in [0.15, 0.2) is 42.5 Å². The maximum Gasteiger partial charge on any atom is 0.256 e. The minimum Gasteiger partial charge on any atom is -0.322 e. The summed E-state index contributed by atoms with van der Waals surface area (Å²) in [6.07, 6.45) is 0.763. The lowest BCUT2D eigenvalue weighted by molar-refractivity contribution is 0.102. The van der Waals surface area contributed by atoms with Crippen LogP contribution in [-0.4, -0.2) is 54.4 Å². The van der Waals surface area contributed by atoms with Crippen LogP contribution < -0.4 is 5.32 Å². The molecular weight excluding hydrogens is 386 g/mol. The Kier molecular flexibility index (Phi) is 5.74. The molecule has 1 aliphatic heterocycles. The van der Waals surface area contributed by atoms with E-state index in [-0.39, 0.29) is 11.6 Å². The second-order valence-corrected chi connectivity index (χ2v) is 7.84. The molecule has 0 unspecified atom stereocenters. The highest BCUT2D eigenvalue weighted by atomic mass is 19.2. The molecule has 0 spiro atoms. The molecule has 1 aromatic heterocycles. The molecule has 30 heavy (non-hydrogen) atoms. The predicted octanol–water partition coefficient (Wildman–Crippen LogP) is 3.69. The number of benzene rings is 2. The minimum absolute atomic E-state index is 0.216. The van der Waals surface area contributed by atoms with Crippen molar-refractivity contribution in [1.82, 2.24) is 14.8 Å². The SMILES string of the molecule is CN(C)CCN1CCc2nc3ccccc3c(C(=O)Nc3ccc(F)c(F)c3)c2C1. The van der Waals surface area contributed by atoms with Crippen molar-refractivity contribution in [2.45, 2.75) is 13.0 Å². The number of nitrogens with one attached hydrogen (secondary N) is 1. The van der Waals surface area contributed by atoms with Gasteiger partial charge in [0.05, 0.1) is 11.1 Å². The molecular formula is C23H24F2N4O. The molecule has 0 aliphatic carbocycles. The van der Waals surface area contributed by atoms with Crippen LogP contribution in [0.5, 0.6) is 0 Å². The van der Waals surface area contributed by atoms with Crippen molar-refractivity contribution < 1.29 is 13.6 Å². The largest absolute Gasteiger partial charge is 0.322 e. The second-order valence-electron chi connectivity index (χ2n) is 7.84. The number of pyridine rings is 1. The predicted molar refractivity (Wildman–Crippen MR) is 114 cm³/mol. The lowest BCUT2D eigenvalue weighted by Crippen LogP contribution is -2.37. The van der Waals surface area contributed by atoms with Crippen molar-refractivity contribution in [2.75, 3.05) is 39.0 Å². The van der Waals surface area contributed by atoms with E-state index in [1.54, 1.807) is 0 Å². The molecule has 1 amide bonds. The third kappa shape index (κ3) is 4.17. The van der Waals surface area contributed by atoms with Crippen molar-refractivity contribution in [3.63, 3.8) is 0 Å². The van der Waals surface area contributed by atoms with E-state index in [1.165, 1.54) is 6.07 Å². The van der Waals surface area contributed by atoms with Gasteiger partial charge in [0.25, 0.3) is 5.91 Å². The second kappa shape index (κ2) is 8.45. The van der Waals surface area contributed by atoms with E-state index < -0.39 is 11.6 Å². The maximum absolute atomic E-state index is 13.6. The van der Waals surface area contributed by atoms with Crippen LogP contribution in [0.3, 0.4) is 0 Å². The Morgan fingerprint density at radius 3 is 2.73 bits per heavy atom. The van der Waals surface area contributed by atoms with Crippen LogP contribution in [-0.2, 0) is 13.0 Å². The molecule has 2 heterocycles. The highest BCUT2D eigenvalue weighted by Gasteiger charge is 2.26. The average molecular weight is 410 g/mol. The van der Waals surface area contributed by atoms with E-state index in [0.29, 0.717) is 12.1 Å². The molecule has 0 fully saturated rings. The average Bonchev–Trinajstić information content (AvgIpc) is 2.73. The van der Waals surface area contributed by atoms with Gasteiger partial charge in [-0.2, -0.15) is 0 Å². The summed E-state index contributed by atoms with van der Waals surface area (Å²) in [4.78, 5) is 22.5. The molecule has 3 aromatic rings. The normalized spacial score (nSPS) is 14.2. The number of hydrogen-bond acceptors (Lipinski definition) is 4.